The number of aromatic nitrogens is 1. The van der Waals surface area contributed by atoms with Gasteiger partial charge in [-0.2, -0.15) is 0 Å². The largest absolute Gasteiger partial charge is 0.496 e. The molecule has 0 saturated carbocycles. The number of benzene rings is 1. The van der Waals surface area contributed by atoms with Gasteiger partial charge in [0.15, 0.2) is 0 Å². The molecule has 1 aromatic heterocycles. The van der Waals surface area contributed by atoms with E-state index in [2.05, 4.69) is 45.3 Å². The number of ether oxygens (including phenoxy) is 1. The second kappa shape index (κ2) is 6.31. The Hall–Kier alpha value is -0.910. The van der Waals surface area contributed by atoms with E-state index in [-0.39, 0.29) is 6.04 Å². The van der Waals surface area contributed by atoms with E-state index in [1.54, 1.807) is 18.4 Å². The van der Waals surface area contributed by atoms with E-state index in [4.69, 9.17) is 4.74 Å². The molecule has 0 radical (unpaired) electrons. The van der Waals surface area contributed by atoms with Gasteiger partial charge < -0.3 is 10.1 Å². The Balaban J connectivity index is 1.96. The number of rotatable bonds is 5. The first kappa shape index (κ1) is 13.5. The molecule has 0 bridgehead atoms. The van der Waals surface area contributed by atoms with Crippen molar-refractivity contribution in [3.8, 4) is 5.75 Å². The van der Waals surface area contributed by atoms with E-state index in [1.807, 2.05) is 17.6 Å². The first-order valence-corrected chi connectivity index (χ1v) is 7.33. The third kappa shape index (κ3) is 3.31. The summed E-state index contributed by atoms with van der Waals surface area (Å²) in [4.78, 5) is 4.30. The number of hydrogen-bond donors (Lipinski definition) is 1. The summed E-state index contributed by atoms with van der Waals surface area (Å²) in [5.41, 5.74) is 1.21. The minimum atomic E-state index is 0.269. The maximum Gasteiger partial charge on any atom is 0.133 e. The van der Waals surface area contributed by atoms with Crippen LogP contribution in [0.15, 0.2) is 34.2 Å². The fraction of sp³-hybridized carbons (Fsp3) is 0.308. The van der Waals surface area contributed by atoms with Crippen LogP contribution in [0.2, 0.25) is 0 Å². The van der Waals surface area contributed by atoms with Crippen molar-refractivity contribution in [2.75, 3.05) is 7.11 Å². The van der Waals surface area contributed by atoms with E-state index in [0.29, 0.717) is 0 Å². The lowest BCUT2D eigenvalue weighted by molar-refractivity contribution is 0.412. The summed E-state index contributed by atoms with van der Waals surface area (Å²) >= 11 is 5.16. The minimum absolute atomic E-state index is 0.269. The lowest BCUT2D eigenvalue weighted by Crippen LogP contribution is -2.17. The van der Waals surface area contributed by atoms with Crippen LogP contribution in [0.1, 0.15) is 23.5 Å². The average molecular weight is 327 g/mol. The van der Waals surface area contributed by atoms with Crippen molar-refractivity contribution in [3.05, 3.63) is 44.8 Å². The van der Waals surface area contributed by atoms with Crippen LogP contribution in [0.25, 0.3) is 0 Å². The van der Waals surface area contributed by atoms with Crippen molar-refractivity contribution in [3.63, 3.8) is 0 Å². The number of halogens is 1. The number of thiazole rings is 1. The molecule has 0 aliphatic heterocycles. The lowest BCUT2D eigenvalue weighted by Gasteiger charge is -2.12. The zero-order valence-corrected chi connectivity index (χ0v) is 12.7. The molecule has 5 heteroatoms. The summed E-state index contributed by atoms with van der Waals surface area (Å²) < 4.78 is 6.19. The fourth-order valence-electron chi connectivity index (χ4n) is 1.63. The zero-order valence-electron chi connectivity index (χ0n) is 10.3. The van der Waals surface area contributed by atoms with E-state index in [9.17, 15) is 0 Å². The van der Waals surface area contributed by atoms with Crippen LogP contribution in [0.5, 0.6) is 5.75 Å². The molecular weight excluding hydrogens is 312 g/mol. The monoisotopic (exact) mass is 326 g/mol. The highest BCUT2D eigenvalue weighted by molar-refractivity contribution is 9.10. The third-order valence-electron chi connectivity index (χ3n) is 2.65. The summed E-state index contributed by atoms with van der Waals surface area (Å²) in [6.45, 7) is 2.93. The highest BCUT2D eigenvalue weighted by atomic mass is 79.9. The predicted octanol–water partition coefficient (Wildman–Crippen LogP) is 3.77. The van der Waals surface area contributed by atoms with Gasteiger partial charge in [0.25, 0.3) is 0 Å². The molecule has 3 nitrogen and oxygen atoms in total. The molecule has 0 amide bonds. The molecule has 2 aromatic rings. The van der Waals surface area contributed by atoms with Crippen molar-refractivity contribution in [1.29, 1.82) is 0 Å². The molecule has 0 saturated heterocycles. The van der Waals surface area contributed by atoms with Crippen molar-refractivity contribution in [1.82, 2.24) is 10.3 Å². The standard InChI is InChI=1S/C13H15BrN2OS/c1-9(13-15-5-6-18-13)16-8-10-3-4-12(17-2)11(14)7-10/h3-7,9,16H,8H2,1-2H3. The van der Waals surface area contributed by atoms with E-state index in [0.717, 1.165) is 21.8 Å². The van der Waals surface area contributed by atoms with E-state index >= 15 is 0 Å². The Morgan fingerprint density at radius 3 is 2.94 bits per heavy atom. The van der Waals surface area contributed by atoms with Crippen molar-refractivity contribution < 1.29 is 4.74 Å². The topological polar surface area (TPSA) is 34.1 Å². The van der Waals surface area contributed by atoms with Crippen LogP contribution in [0, 0.1) is 0 Å². The highest BCUT2D eigenvalue weighted by Gasteiger charge is 2.07. The maximum absolute atomic E-state index is 5.21. The van der Waals surface area contributed by atoms with Crippen molar-refractivity contribution in [2.24, 2.45) is 0 Å². The van der Waals surface area contributed by atoms with Crippen LogP contribution in [0.3, 0.4) is 0 Å². The summed E-state index contributed by atoms with van der Waals surface area (Å²) in [5.74, 6) is 0.853. The molecule has 0 aliphatic carbocycles. The van der Waals surface area contributed by atoms with Gasteiger partial charge in [0.2, 0.25) is 0 Å². The Bertz CT molecular complexity index is 502. The average Bonchev–Trinajstić information content (AvgIpc) is 2.90. The van der Waals surface area contributed by atoms with Gasteiger partial charge in [0.1, 0.15) is 10.8 Å². The van der Waals surface area contributed by atoms with Crippen LogP contribution in [-0.2, 0) is 6.54 Å². The fourth-order valence-corrected chi connectivity index (χ4v) is 2.88. The predicted molar refractivity (Wildman–Crippen MR) is 78.1 cm³/mol. The minimum Gasteiger partial charge on any atom is -0.496 e. The molecule has 1 atom stereocenters. The normalized spacial score (nSPS) is 12.4. The third-order valence-corrected chi connectivity index (χ3v) is 4.23. The lowest BCUT2D eigenvalue weighted by atomic mass is 10.2. The molecule has 96 valence electrons. The first-order chi connectivity index (χ1) is 8.70. The van der Waals surface area contributed by atoms with Crippen molar-refractivity contribution >= 4 is 27.3 Å². The quantitative estimate of drug-likeness (QED) is 0.908. The van der Waals surface area contributed by atoms with Gasteiger partial charge in [0.05, 0.1) is 17.6 Å². The van der Waals surface area contributed by atoms with Crippen LogP contribution >= 0.6 is 27.3 Å². The SMILES string of the molecule is COc1ccc(CNC(C)c2nccs2)cc1Br. The molecule has 1 N–H and O–H groups in total. The van der Waals surface area contributed by atoms with E-state index < -0.39 is 0 Å². The second-order valence-corrected chi connectivity index (χ2v) is 5.72. The number of hydrogen-bond acceptors (Lipinski definition) is 4. The number of nitrogens with zero attached hydrogens (tertiary/aromatic N) is 1. The first-order valence-electron chi connectivity index (χ1n) is 5.66. The molecule has 0 aliphatic rings. The zero-order chi connectivity index (χ0) is 13.0. The summed E-state index contributed by atoms with van der Waals surface area (Å²) in [6.07, 6.45) is 1.84. The molecule has 0 spiro atoms. The maximum atomic E-state index is 5.21. The molecular formula is C13H15BrN2OS. The van der Waals surface area contributed by atoms with Crippen molar-refractivity contribution in [2.45, 2.75) is 19.5 Å². The Morgan fingerprint density at radius 1 is 1.50 bits per heavy atom. The van der Waals surface area contributed by atoms with Gasteiger partial charge in [-0.15, -0.1) is 11.3 Å². The second-order valence-electron chi connectivity index (χ2n) is 3.94. The smallest absolute Gasteiger partial charge is 0.133 e. The van der Waals surface area contributed by atoms with Gasteiger partial charge in [0, 0.05) is 18.1 Å². The molecule has 2 rings (SSSR count). The molecule has 0 fully saturated rings. The molecule has 1 unspecified atom stereocenters. The Kier molecular flexibility index (Phi) is 4.74. The van der Waals surface area contributed by atoms with Gasteiger partial charge in [-0.25, -0.2) is 4.98 Å². The molecule has 1 aromatic carbocycles. The van der Waals surface area contributed by atoms with Gasteiger partial charge in [-0.05, 0) is 40.5 Å². The summed E-state index contributed by atoms with van der Waals surface area (Å²) in [6, 6.07) is 6.37. The van der Waals surface area contributed by atoms with Crippen LogP contribution in [-0.4, -0.2) is 12.1 Å². The van der Waals surface area contributed by atoms with Gasteiger partial charge >= 0.3 is 0 Å². The number of nitrogens with one attached hydrogen (secondary N) is 1. The number of methoxy groups -OCH3 is 1. The summed E-state index contributed by atoms with van der Waals surface area (Å²) in [5, 5.41) is 6.56. The molecule has 18 heavy (non-hydrogen) atoms. The van der Waals surface area contributed by atoms with Crippen LogP contribution in [0.4, 0.5) is 0 Å². The molecule has 1 heterocycles. The Labute approximate surface area is 119 Å². The summed E-state index contributed by atoms with van der Waals surface area (Å²) in [7, 11) is 1.67. The van der Waals surface area contributed by atoms with Crippen LogP contribution < -0.4 is 10.1 Å². The highest BCUT2D eigenvalue weighted by Crippen LogP contribution is 2.25. The van der Waals surface area contributed by atoms with E-state index in [1.165, 1.54) is 5.56 Å². The van der Waals surface area contributed by atoms with Gasteiger partial charge in [-0.1, -0.05) is 6.07 Å². The van der Waals surface area contributed by atoms with Gasteiger partial charge in [-0.3, -0.25) is 0 Å². The Morgan fingerprint density at radius 2 is 2.33 bits per heavy atom.